The summed E-state index contributed by atoms with van der Waals surface area (Å²) in [4.78, 5) is 21.6. The van der Waals surface area contributed by atoms with Crippen molar-refractivity contribution in [2.24, 2.45) is 5.92 Å². The Bertz CT molecular complexity index is 784. The molecule has 0 bridgehead atoms. The normalized spacial score (nSPS) is 14.9. The molecule has 0 spiro atoms. The van der Waals surface area contributed by atoms with E-state index in [9.17, 15) is 4.79 Å². The van der Waals surface area contributed by atoms with E-state index in [0.717, 1.165) is 35.0 Å². The number of rotatable bonds is 10. The van der Waals surface area contributed by atoms with Gasteiger partial charge in [0.1, 0.15) is 5.82 Å². The first-order chi connectivity index (χ1) is 13.6. The van der Waals surface area contributed by atoms with Gasteiger partial charge in [-0.2, -0.15) is 5.10 Å². The minimum Gasteiger partial charge on any atom is -0.369 e. The van der Waals surface area contributed by atoms with Crippen molar-refractivity contribution in [3.8, 4) is 0 Å². The van der Waals surface area contributed by atoms with Crippen molar-refractivity contribution >= 4 is 34.5 Å². The molecule has 1 aliphatic carbocycles. The molecule has 1 amide bonds. The molecule has 2 N–H and O–H groups in total. The van der Waals surface area contributed by atoms with E-state index in [1.807, 2.05) is 10.9 Å². The molecule has 7 nitrogen and oxygen atoms in total. The van der Waals surface area contributed by atoms with Crippen LogP contribution in [0.3, 0.4) is 0 Å². The minimum atomic E-state index is 0.152. The molecule has 1 fully saturated rings. The second kappa shape index (κ2) is 10.1. The summed E-state index contributed by atoms with van der Waals surface area (Å²) in [6.07, 6.45) is 8.42. The molecule has 0 atom stereocenters. The summed E-state index contributed by atoms with van der Waals surface area (Å²) in [6, 6.07) is 0. The summed E-state index contributed by atoms with van der Waals surface area (Å²) in [6.45, 7) is 8.43. The van der Waals surface area contributed by atoms with E-state index in [-0.39, 0.29) is 5.91 Å². The quantitative estimate of drug-likeness (QED) is 0.462. The summed E-state index contributed by atoms with van der Waals surface area (Å²) >= 11 is 1.65. The second-order valence-electron chi connectivity index (χ2n) is 7.76. The van der Waals surface area contributed by atoms with Gasteiger partial charge in [0.05, 0.1) is 18.1 Å². The van der Waals surface area contributed by atoms with Crippen LogP contribution in [0.4, 0.5) is 5.82 Å². The van der Waals surface area contributed by atoms with Crippen LogP contribution in [-0.4, -0.2) is 44.0 Å². The van der Waals surface area contributed by atoms with Gasteiger partial charge in [-0.25, -0.2) is 14.6 Å². The molecular weight excluding hydrogens is 372 g/mol. The van der Waals surface area contributed by atoms with Crippen LogP contribution in [0.25, 0.3) is 11.0 Å². The SMILES string of the molecule is CCCNc1nc(SC(C)C)nc2c1cnn2CCNC(=O)CC1CCCC1. The topological polar surface area (TPSA) is 84.7 Å². The molecule has 2 aromatic rings. The number of hydrogen-bond donors (Lipinski definition) is 2. The summed E-state index contributed by atoms with van der Waals surface area (Å²) in [7, 11) is 0. The Morgan fingerprint density at radius 2 is 2.07 bits per heavy atom. The van der Waals surface area contributed by atoms with Crippen molar-refractivity contribution in [2.75, 3.05) is 18.4 Å². The summed E-state index contributed by atoms with van der Waals surface area (Å²) in [5.41, 5.74) is 0.821. The van der Waals surface area contributed by atoms with Crippen molar-refractivity contribution in [3.63, 3.8) is 0 Å². The number of carbonyl (C=O) groups excluding carboxylic acids is 1. The molecule has 28 heavy (non-hydrogen) atoms. The first-order valence-corrected chi connectivity index (χ1v) is 11.4. The molecule has 0 saturated heterocycles. The van der Waals surface area contributed by atoms with E-state index in [1.54, 1.807) is 11.8 Å². The molecule has 2 aromatic heterocycles. The maximum absolute atomic E-state index is 12.2. The monoisotopic (exact) mass is 404 g/mol. The molecule has 0 aliphatic heterocycles. The molecule has 3 rings (SSSR count). The third kappa shape index (κ3) is 5.59. The smallest absolute Gasteiger partial charge is 0.220 e. The van der Waals surface area contributed by atoms with Crippen molar-refractivity contribution in [1.29, 1.82) is 0 Å². The van der Waals surface area contributed by atoms with Gasteiger partial charge in [-0.05, 0) is 25.2 Å². The molecule has 8 heteroatoms. The van der Waals surface area contributed by atoms with Crippen LogP contribution in [-0.2, 0) is 11.3 Å². The lowest BCUT2D eigenvalue weighted by molar-refractivity contribution is -0.122. The highest BCUT2D eigenvalue weighted by atomic mass is 32.2. The Kier molecular flexibility index (Phi) is 7.53. The number of amides is 1. The van der Waals surface area contributed by atoms with Crippen molar-refractivity contribution in [1.82, 2.24) is 25.1 Å². The first kappa shape index (κ1) is 20.9. The van der Waals surface area contributed by atoms with E-state index in [1.165, 1.54) is 25.7 Å². The van der Waals surface area contributed by atoms with Gasteiger partial charge in [-0.3, -0.25) is 4.79 Å². The number of carbonyl (C=O) groups is 1. The highest BCUT2D eigenvalue weighted by molar-refractivity contribution is 7.99. The molecule has 0 aromatic carbocycles. The van der Waals surface area contributed by atoms with Gasteiger partial charge in [-0.1, -0.05) is 45.4 Å². The van der Waals surface area contributed by atoms with Crippen LogP contribution in [0.15, 0.2) is 11.4 Å². The third-order valence-electron chi connectivity index (χ3n) is 4.95. The number of anilines is 1. The number of fused-ring (bicyclic) bond motifs is 1. The highest BCUT2D eigenvalue weighted by Gasteiger charge is 2.18. The maximum atomic E-state index is 12.2. The number of hydrogen-bond acceptors (Lipinski definition) is 6. The lowest BCUT2D eigenvalue weighted by atomic mass is 10.0. The Hall–Kier alpha value is -1.83. The van der Waals surface area contributed by atoms with Crippen LogP contribution in [0.5, 0.6) is 0 Å². The van der Waals surface area contributed by atoms with Gasteiger partial charge in [0.25, 0.3) is 0 Å². The van der Waals surface area contributed by atoms with Gasteiger partial charge in [0.15, 0.2) is 10.8 Å². The lowest BCUT2D eigenvalue weighted by Gasteiger charge is -2.11. The number of aromatic nitrogens is 4. The van der Waals surface area contributed by atoms with E-state index >= 15 is 0 Å². The highest BCUT2D eigenvalue weighted by Crippen LogP contribution is 2.28. The van der Waals surface area contributed by atoms with Crippen LogP contribution in [0, 0.1) is 5.92 Å². The fraction of sp³-hybridized carbons (Fsp3) is 0.700. The maximum Gasteiger partial charge on any atom is 0.220 e. The number of nitrogens with zero attached hydrogens (tertiary/aromatic N) is 4. The molecule has 154 valence electrons. The fourth-order valence-electron chi connectivity index (χ4n) is 3.59. The Balaban J connectivity index is 1.67. The molecule has 1 saturated carbocycles. The van der Waals surface area contributed by atoms with Gasteiger partial charge >= 0.3 is 0 Å². The van der Waals surface area contributed by atoms with Gasteiger partial charge in [0, 0.05) is 24.8 Å². The van der Waals surface area contributed by atoms with Crippen LogP contribution in [0.2, 0.25) is 0 Å². The molecule has 0 unspecified atom stereocenters. The Labute approximate surface area is 171 Å². The van der Waals surface area contributed by atoms with E-state index in [0.29, 0.717) is 30.7 Å². The zero-order chi connectivity index (χ0) is 19.9. The standard InChI is InChI=1S/C20H32N6OS/c1-4-9-22-18-16-13-23-26(19(16)25-20(24-18)28-14(2)3)11-10-21-17(27)12-15-7-5-6-8-15/h13-15H,4-12H2,1-3H3,(H,21,27)(H,22,24,25). The molecule has 1 aliphatic rings. The average molecular weight is 405 g/mol. The van der Waals surface area contributed by atoms with Crippen LogP contribution >= 0.6 is 11.8 Å². The minimum absolute atomic E-state index is 0.152. The predicted octanol–water partition coefficient (Wildman–Crippen LogP) is 3.85. The summed E-state index contributed by atoms with van der Waals surface area (Å²) in [5, 5.41) is 13.0. The van der Waals surface area contributed by atoms with E-state index in [2.05, 4.69) is 41.5 Å². The molecule has 0 radical (unpaired) electrons. The summed E-state index contributed by atoms with van der Waals surface area (Å²) in [5.74, 6) is 1.56. The van der Waals surface area contributed by atoms with Crippen LogP contribution < -0.4 is 10.6 Å². The zero-order valence-electron chi connectivity index (χ0n) is 17.2. The van der Waals surface area contributed by atoms with Crippen molar-refractivity contribution in [2.45, 2.75) is 76.2 Å². The lowest BCUT2D eigenvalue weighted by Crippen LogP contribution is -2.28. The van der Waals surface area contributed by atoms with E-state index in [4.69, 9.17) is 4.98 Å². The van der Waals surface area contributed by atoms with Crippen LogP contribution in [0.1, 0.15) is 59.3 Å². The first-order valence-electron chi connectivity index (χ1n) is 10.5. The summed E-state index contributed by atoms with van der Waals surface area (Å²) < 4.78 is 1.87. The predicted molar refractivity (Wildman–Crippen MR) is 115 cm³/mol. The zero-order valence-corrected chi connectivity index (χ0v) is 18.0. The van der Waals surface area contributed by atoms with Crippen molar-refractivity contribution in [3.05, 3.63) is 6.20 Å². The van der Waals surface area contributed by atoms with Gasteiger partial charge in [-0.15, -0.1) is 0 Å². The number of nitrogens with one attached hydrogen (secondary N) is 2. The van der Waals surface area contributed by atoms with Gasteiger partial charge in [0.2, 0.25) is 5.91 Å². The largest absolute Gasteiger partial charge is 0.369 e. The fourth-order valence-corrected chi connectivity index (χ4v) is 4.30. The Morgan fingerprint density at radius 3 is 2.79 bits per heavy atom. The average Bonchev–Trinajstić information content (AvgIpc) is 3.29. The van der Waals surface area contributed by atoms with Gasteiger partial charge < -0.3 is 10.6 Å². The van der Waals surface area contributed by atoms with Crippen molar-refractivity contribution < 1.29 is 4.79 Å². The number of thioether (sulfide) groups is 1. The second-order valence-corrected chi connectivity index (χ2v) is 9.30. The van der Waals surface area contributed by atoms with E-state index < -0.39 is 0 Å². The Morgan fingerprint density at radius 1 is 1.29 bits per heavy atom. The third-order valence-corrected chi connectivity index (χ3v) is 5.82. The molecule has 2 heterocycles. The molecular formula is C20H32N6OS.